The second-order valence-electron chi connectivity index (χ2n) is 16.9. The van der Waals surface area contributed by atoms with Crippen molar-refractivity contribution in [3.05, 3.63) is 120 Å². The molecule has 12 heteroatoms. The Kier molecular flexibility index (Phi) is 11.5. The lowest BCUT2D eigenvalue weighted by atomic mass is 10.00. The minimum Gasteiger partial charge on any atom is -0.340 e. The topological polar surface area (TPSA) is 104 Å². The zero-order valence-electron chi connectivity index (χ0n) is 34.2. The number of likely N-dealkylation sites (tertiary alicyclic amines) is 4. The molecular weight excluding hydrogens is 785 g/mol. The number of imidazole rings is 2. The van der Waals surface area contributed by atoms with Gasteiger partial charge in [0.05, 0.1) is 45.6 Å². The molecule has 4 aromatic heterocycles. The highest BCUT2D eigenvalue weighted by molar-refractivity contribution is 7.25. The summed E-state index contributed by atoms with van der Waals surface area (Å²) in [6, 6.07) is 28.8. The Bertz CT molecular complexity index is 2210. The van der Waals surface area contributed by atoms with E-state index >= 15 is 0 Å². The third-order valence-corrected chi connectivity index (χ3v) is 15.5. The molecule has 310 valence electrons. The molecule has 2 N–H and O–H groups in total. The molecule has 8 heterocycles. The van der Waals surface area contributed by atoms with Gasteiger partial charge in [0.2, 0.25) is 11.8 Å². The molecule has 0 radical (unpaired) electrons. The van der Waals surface area contributed by atoms with Crippen molar-refractivity contribution in [2.24, 2.45) is 0 Å². The standard InChI is InChI=1S/C48H54N8O2S2/c57-47(43(33-15-5-1-6-16-33)53-25-9-3-10-26-53)55-29-13-19-37(55)45-49-31-35(51-45)39-21-23-41(59-39)42-24-22-40(60-42)36-32-50-46(52-36)38-20-14-30-56(38)48(58)44(34-17-7-2-8-18-34)54-27-11-4-12-28-54/h1-2,5-8,15-18,21-24,31-32,37-38,43-44H,3-4,9-14,19-20,25-30H2,(H,49,51)(H,50,52). The van der Waals surface area contributed by atoms with Gasteiger partial charge in [0.15, 0.2) is 0 Å². The Morgan fingerprint density at radius 3 is 1.32 bits per heavy atom. The number of aromatic amines is 2. The van der Waals surface area contributed by atoms with Crippen LogP contribution in [0.3, 0.4) is 0 Å². The zero-order chi connectivity index (χ0) is 40.4. The van der Waals surface area contributed by atoms with Crippen LogP contribution < -0.4 is 0 Å². The van der Waals surface area contributed by atoms with Crippen molar-refractivity contribution in [2.75, 3.05) is 39.3 Å². The number of piperidine rings is 2. The number of rotatable bonds is 11. The van der Waals surface area contributed by atoms with Crippen molar-refractivity contribution < 1.29 is 9.59 Å². The van der Waals surface area contributed by atoms with Crippen LogP contribution in [0, 0.1) is 0 Å². The molecule has 4 saturated heterocycles. The molecule has 0 spiro atoms. The molecule has 4 aliphatic heterocycles. The molecule has 2 aromatic carbocycles. The first-order chi connectivity index (χ1) is 29.6. The van der Waals surface area contributed by atoms with Crippen molar-refractivity contribution in [3.63, 3.8) is 0 Å². The van der Waals surface area contributed by atoms with E-state index in [9.17, 15) is 9.59 Å². The van der Waals surface area contributed by atoms with Gasteiger partial charge in [0.1, 0.15) is 23.7 Å². The number of amides is 2. The summed E-state index contributed by atoms with van der Waals surface area (Å²) in [5, 5.41) is 0. The fraction of sp³-hybridized carbons (Fsp3) is 0.417. The van der Waals surface area contributed by atoms with Gasteiger partial charge in [-0.05, 0) is 113 Å². The highest BCUT2D eigenvalue weighted by atomic mass is 32.1. The fourth-order valence-electron chi connectivity index (χ4n) is 10.1. The summed E-state index contributed by atoms with van der Waals surface area (Å²) in [7, 11) is 0. The molecule has 4 aliphatic rings. The number of hydrogen-bond donors (Lipinski definition) is 2. The van der Waals surface area contributed by atoms with Gasteiger partial charge in [0.25, 0.3) is 0 Å². The number of benzene rings is 2. The van der Waals surface area contributed by atoms with Crippen LogP contribution in [0.2, 0.25) is 0 Å². The van der Waals surface area contributed by atoms with Gasteiger partial charge < -0.3 is 19.8 Å². The van der Waals surface area contributed by atoms with Gasteiger partial charge in [-0.25, -0.2) is 9.97 Å². The van der Waals surface area contributed by atoms with Crippen LogP contribution in [0.5, 0.6) is 0 Å². The molecule has 60 heavy (non-hydrogen) atoms. The maximum atomic E-state index is 14.4. The minimum atomic E-state index is -0.256. The summed E-state index contributed by atoms with van der Waals surface area (Å²) in [6.07, 6.45) is 14.6. The smallest absolute Gasteiger partial charge is 0.245 e. The van der Waals surface area contributed by atoms with Crippen LogP contribution in [-0.2, 0) is 9.59 Å². The monoisotopic (exact) mass is 838 g/mol. The lowest BCUT2D eigenvalue weighted by molar-refractivity contribution is -0.139. The number of H-pyrrole nitrogens is 2. The third kappa shape index (κ3) is 7.90. The Labute approximate surface area is 360 Å². The molecular formula is C48H54N8O2S2. The van der Waals surface area contributed by atoms with E-state index in [0.29, 0.717) is 0 Å². The van der Waals surface area contributed by atoms with Gasteiger partial charge in [-0.2, -0.15) is 0 Å². The normalized spacial score (nSPS) is 21.4. The molecule has 6 aromatic rings. The van der Waals surface area contributed by atoms with Crippen molar-refractivity contribution in [1.82, 2.24) is 39.5 Å². The summed E-state index contributed by atoms with van der Waals surface area (Å²) >= 11 is 3.50. The number of carbonyl (C=O) groups is 2. The van der Waals surface area contributed by atoms with Crippen LogP contribution in [0.1, 0.15) is 111 Å². The molecule has 0 saturated carbocycles. The number of nitrogens with one attached hydrogen (secondary N) is 2. The first-order valence-electron chi connectivity index (χ1n) is 22.1. The van der Waals surface area contributed by atoms with E-state index in [0.717, 1.165) is 135 Å². The Balaban J connectivity index is 0.826. The number of carbonyl (C=O) groups excluding carboxylic acids is 2. The molecule has 2 amide bonds. The van der Waals surface area contributed by atoms with Crippen LogP contribution in [0.25, 0.3) is 30.9 Å². The van der Waals surface area contributed by atoms with E-state index in [2.05, 4.69) is 78.1 Å². The molecule has 4 atom stereocenters. The second kappa shape index (κ2) is 17.6. The number of hydrogen-bond acceptors (Lipinski definition) is 8. The van der Waals surface area contributed by atoms with E-state index in [-0.39, 0.29) is 36.0 Å². The van der Waals surface area contributed by atoms with Crippen molar-refractivity contribution in [3.8, 4) is 30.9 Å². The molecule has 10 nitrogen and oxygen atoms in total. The summed E-state index contributed by atoms with van der Waals surface area (Å²) in [5.41, 5.74) is 4.13. The van der Waals surface area contributed by atoms with E-state index in [4.69, 9.17) is 9.97 Å². The van der Waals surface area contributed by atoms with Gasteiger partial charge >= 0.3 is 0 Å². The largest absolute Gasteiger partial charge is 0.340 e. The predicted molar refractivity (Wildman–Crippen MR) is 239 cm³/mol. The summed E-state index contributed by atoms with van der Waals surface area (Å²) < 4.78 is 0. The number of nitrogens with zero attached hydrogens (tertiary/aromatic N) is 6. The molecule has 0 aliphatic carbocycles. The average Bonchev–Trinajstić information content (AvgIpc) is 4.15. The van der Waals surface area contributed by atoms with E-state index in [1.807, 2.05) is 48.8 Å². The summed E-state index contributed by atoms with van der Waals surface area (Å²) in [4.78, 5) is 59.5. The Morgan fingerprint density at radius 2 is 0.900 bits per heavy atom. The van der Waals surface area contributed by atoms with Crippen LogP contribution >= 0.6 is 22.7 Å². The highest BCUT2D eigenvalue weighted by Gasteiger charge is 2.40. The van der Waals surface area contributed by atoms with Gasteiger partial charge in [-0.3, -0.25) is 19.4 Å². The fourth-order valence-corrected chi connectivity index (χ4v) is 12.1. The maximum absolute atomic E-state index is 14.4. The Morgan fingerprint density at radius 1 is 0.500 bits per heavy atom. The van der Waals surface area contributed by atoms with Gasteiger partial charge in [0, 0.05) is 22.8 Å². The molecule has 10 rings (SSSR count). The minimum absolute atomic E-state index is 0.0600. The van der Waals surface area contributed by atoms with Crippen molar-refractivity contribution >= 4 is 34.5 Å². The first-order valence-corrected chi connectivity index (χ1v) is 23.7. The molecule has 4 fully saturated rings. The lowest BCUT2D eigenvalue weighted by Crippen LogP contribution is -2.44. The highest BCUT2D eigenvalue weighted by Crippen LogP contribution is 2.42. The van der Waals surface area contributed by atoms with Gasteiger partial charge in [-0.15, -0.1) is 22.7 Å². The van der Waals surface area contributed by atoms with Crippen LogP contribution in [0.4, 0.5) is 0 Å². The average molecular weight is 839 g/mol. The van der Waals surface area contributed by atoms with E-state index in [1.54, 1.807) is 22.7 Å². The van der Waals surface area contributed by atoms with Crippen LogP contribution in [-0.4, -0.2) is 90.6 Å². The quantitative estimate of drug-likeness (QED) is 0.135. The van der Waals surface area contributed by atoms with E-state index in [1.165, 1.54) is 22.6 Å². The predicted octanol–water partition coefficient (Wildman–Crippen LogP) is 10.0. The third-order valence-electron chi connectivity index (χ3n) is 13.1. The number of thiophene rings is 2. The zero-order valence-corrected chi connectivity index (χ0v) is 35.8. The summed E-state index contributed by atoms with van der Waals surface area (Å²) in [5.74, 6) is 2.13. The van der Waals surface area contributed by atoms with Crippen LogP contribution in [0.15, 0.2) is 97.3 Å². The summed E-state index contributed by atoms with van der Waals surface area (Å²) in [6.45, 7) is 5.34. The van der Waals surface area contributed by atoms with Crippen molar-refractivity contribution in [1.29, 1.82) is 0 Å². The molecule has 4 unspecified atom stereocenters. The number of aromatic nitrogens is 4. The van der Waals surface area contributed by atoms with Crippen molar-refractivity contribution in [2.45, 2.75) is 88.4 Å². The molecule has 0 bridgehead atoms. The van der Waals surface area contributed by atoms with E-state index < -0.39 is 0 Å². The second-order valence-corrected chi connectivity index (χ2v) is 19.1. The lowest BCUT2D eigenvalue weighted by Gasteiger charge is -2.37. The van der Waals surface area contributed by atoms with Gasteiger partial charge in [-0.1, -0.05) is 73.5 Å². The first kappa shape index (κ1) is 39.3. The maximum Gasteiger partial charge on any atom is 0.245 e. The Hall–Kier alpha value is -4.88. The SMILES string of the molecule is O=C(C(c1ccccc1)N1CCCCC1)N1CCCC1c1ncc(-c2ccc(-c3ccc(-c4cnc(C5CCCN5C(=O)C(c5ccccc5)N5CCCCC5)[nH]4)s3)s2)[nH]1.